The molecule has 0 atom stereocenters. The topological polar surface area (TPSA) is 54.4 Å². The first kappa shape index (κ1) is 22.9. The molecule has 0 aliphatic heterocycles. The molecule has 4 heteroatoms. The van der Waals surface area contributed by atoms with Crippen LogP contribution in [0.5, 0.6) is 0 Å². The smallest absolute Gasteiger partial charge is 0.282 e. The Balaban J connectivity index is 2.23. The van der Waals surface area contributed by atoms with Crippen LogP contribution < -0.4 is 0 Å². The van der Waals surface area contributed by atoms with Gasteiger partial charge in [-0.1, -0.05) is 83.4 Å². The second-order valence-corrected chi connectivity index (χ2v) is 9.32. The Labute approximate surface area is 171 Å². The molecule has 28 heavy (non-hydrogen) atoms. The van der Waals surface area contributed by atoms with Gasteiger partial charge in [-0.15, -0.1) is 0 Å². The zero-order valence-corrected chi connectivity index (χ0v) is 18.4. The summed E-state index contributed by atoms with van der Waals surface area (Å²) >= 11 is 0. The molecule has 0 aliphatic rings. The zero-order chi connectivity index (χ0) is 20.4. The first-order chi connectivity index (χ1) is 13.5. The molecule has 0 radical (unpaired) electrons. The van der Waals surface area contributed by atoms with Crippen LogP contribution in [0.4, 0.5) is 0 Å². The number of hydrogen-bond donors (Lipinski definition) is 1. The van der Waals surface area contributed by atoms with Gasteiger partial charge in [0.15, 0.2) is 0 Å². The number of benzene rings is 2. The summed E-state index contributed by atoms with van der Waals surface area (Å²) in [7, 11) is -4.18. The molecule has 156 valence electrons. The van der Waals surface area contributed by atoms with Crippen LogP contribution in [0, 0.1) is 0 Å². The van der Waals surface area contributed by atoms with Crippen molar-refractivity contribution in [2.75, 3.05) is 0 Å². The van der Waals surface area contributed by atoms with Crippen LogP contribution in [0.2, 0.25) is 0 Å². The predicted molar refractivity (Wildman–Crippen MR) is 119 cm³/mol. The van der Waals surface area contributed by atoms with Crippen molar-refractivity contribution in [1.82, 2.24) is 0 Å². The molecule has 0 heterocycles. The van der Waals surface area contributed by atoms with Crippen LogP contribution in [0.15, 0.2) is 35.2 Å². The van der Waals surface area contributed by atoms with Crippen LogP contribution >= 0.6 is 0 Å². The van der Waals surface area contributed by atoms with E-state index in [-0.39, 0.29) is 4.90 Å². The molecule has 1 N–H and O–H groups in total. The zero-order valence-electron chi connectivity index (χ0n) is 17.5. The second-order valence-electron chi connectivity index (χ2n) is 7.89. The Morgan fingerprint density at radius 3 is 1.68 bits per heavy atom. The number of hydrogen-bond acceptors (Lipinski definition) is 2. The number of fused-ring (bicyclic) bond motifs is 1. The van der Waals surface area contributed by atoms with Crippen LogP contribution in [-0.2, 0) is 23.0 Å². The highest BCUT2D eigenvalue weighted by Crippen LogP contribution is 2.28. The molecule has 0 fully saturated rings. The summed E-state index contributed by atoms with van der Waals surface area (Å²) < 4.78 is 32.7. The van der Waals surface area contributed by atoms with E-state index in [1.807, 2.05) is 6.07 Å². The first-order valence-electron chi connectivity index (χ1n) is 11.0. The van der Waals surface area contributed by atoms with Crippen molar-refractivity contribution in [3.63, 3.8) is 0 Å². The molecule has 0 spiro atoms. The van der Waals surface area contributed by atoms with Gasteiger partial charge in [0, 0.05) is 0 Å². The molecule has 0 amide bonds. The van der Waals surface area contributed by atoms with E-state index in [1.165, 1.54) is 68.6 Å². The maximum Gasteiger partial charge on any atom is 0.294 e. The van der Waals surface area contributed by atoms with E-state index in [4.69, 9.17) is 0 Å². The standard InChI is InChI=1S/C24H36O3S/c1-3-5-7-9-11-13-20-15-16-21(14-12-10-8-6-4-2)24-19-22(28(25,26)27)17-18-23(20)24/h15-19H,3-14H2,1-2H3,(H,25,26,27). The maximum absolute atomic E-state index is 11.6. The normalized spacial score (nSPS) is 12.0. The van der Waals surface area contributed by atoms with Crippen molar-refractivity contribution < 1.29 is 13.0 Å². The number of aryl methyl sites for hydroxylation is 2. The van der Waals surface area contributed by atoms with E-state index in [0.29, 0.717) is 0 Å². The molecule has 2 rings (SSSR count). The molecular weight excluding hydrogens is 368 g/mol. The van der Waals surface area contributed by atoms with Gasteiger partial charge >= 0.3 is 0 Å². The van der Waals surface area contributed by atoms with Gasteiger partial charge in [0.1, 0.15) is 0 Å². The fourth-order valence-corrected chi connectivity index (χ4v) is 4.39. The van der Waals surface area contributed by atoms with Gasteiger partial charge in [-0.05, 0) is 59.7 Å². The molecule has 0 saturated carbocycles. The monoisotopic (exact) mass is 404 g/mol. The summed E-state index contributed by atoms with van der Waals surface area (Å²) in [6.45, 7) is 4.44. The van der Waals surface area contributed by atoms with Gasteiger partial charge in [0.2, 0.25) is 0 Å². The van der Waals surface area contributed by atoms with E-state index in [0.717, 1.165) is 36.5 Å². The van der Waals surface area contributed by atoms with Gasteiger partial charge in [-0.3, -0.25) is 4.55 Å². The lowest BCUT2D eigenvalue weighted by Crippen LogP contribution is -2.00. The number of unbranched alkanes of at least 4 members (excludes halogenated alkanes) is 8. The van der Waals surface area contributed by atoms with Crippen molar-refractivity contribution in [2.45, 2.75) is 95.8 Å². The molecule has 3 nitrogen and oxygen atoms in total. The van der Waals surface area contributed by atoms with E-state index in [1.54, 1.807) is 6.07 Å². The van der Waals surface area contributed by atoms with Crippen molar-refractivity contribution >= 4 is 20.9 Å². The summed E-state index contributed by atoms with van der Waals surface area (Å²) in [6, 6.07) is 9.45. The Kier molecular flexibility index (Phi) is 9.46. The molecule has 0 aliphatic carbocycles. The van der Waals surface area contributed by atoms with E-state index in [9.17, 15) is 13.0 Å². The van der Waals surface area contributed by atoms with Crippen LogP contribution in [0.25, 0.3) is 10.8 Å². The summed E-state index contributed by atoms with van der Waals surface area (Å²) in [4.78, 5) is -0.00710. The van der Waals surface area contributed by atoms with E-state index >= 15 is 0 Å². The molecule has 0 aromatic heterocycles. The molecular formula is C24H36O3S. The largest absolute Gasteiger partial charge is 0.294 e. The predicted octanol–water partition coefficient (Wildman–Crippen LogP) is 7.11. The Hall–Kier alpha value is -1.39. The Morgan fingerprint density at radius 1 is 0.679 bits per heavy atom. The second kappa shape index (κ2) is 11.6. The molecule has 0 saturated heterocycles. The van der Waals surface area contributed by atoms with Crippen molar-refractivity contribution in [3.05, 3.63) is 41.5 Å². The Bertz CT molecular complexity index is 840. The summed E-state index contributed by atoms with van der Waals surface area (Å²) in [5.41, 5.74) is 2.47. The molecule has 2 aromatic carbocycles. The van der Waals surface area contributed by atoms with Crippen molar-refractivity contribution in [1.29, 1.82) is 0 Å². The summed E-state index contributed by atoms with van der Waals surface area (Å²) in [6.07, 6.45) is 14.2. The third-order valence-corrected chi connectivity index (χ3v) is 6.42. The quantitative estimate of drug-likeness (QED) is 0.286. The molecule has 2 aromatic rings. The molecule has 0 bridgehead atoms. The summed E-state index contributed by atoms with van der Waals surface area (Å²) in [5, 5.41) is 2.12. The molecule has 0 unspecified atom stereocenters. The average Bonchev–Trinajstić information content (AvgIpc) is 2.67. The van der Waals surface area contributed by atoms with Gasteiger partial charge in [-0.2, -0.15) is 8.42 Å². The lowest BCUT2D eigenvalue weighted by molar-refractivity contribution is 0.483. The minimum Gasteiger partial charge on any atom is -0.282 e. The van der Waals surface area contributed by atoms with Crippen LogP contribution in [0.3, 0.4) is 0 Å². The number of rotatable bonds is 13. The highest BCUT2D eigenvalue weighted by molar-refractivity contribution is 7.85. The minimum absolute atomic E-state index is 0.00710. The summed E-state index contributed by atoms with van der Waals surface area (Å²) in [5.74, 6) is 0. The Morgan fingerprint density at radius 2 is 1.18 bits per heavy atom. The third kappa shape index (κ3) is 6.89. The highest BCUT2D eigenvalue weighted by atomic mass is 32.2. The fourth-order valence-electron chi connectivity index (χ4n) is 3.88. The maximum atomic E-state index is 11.6. The van der Waals surface area contributed by atoms with Crippen LogP contribution in [-0.4, -0.2) is 13.0 Å². The average molecular weight is 405 g/mol. The van der Waals surface area contributed by atoms with E-state index in [2.05, 4.69) is 26.0 Å². The highest BCUT2D eigenvalue weighted by Gasteiger charge is 2.13. The first-order valence-corrected chi connectivity index (χ1v) is 12.4. The van der Waals surface area contributed by atoms with Gasteiger partial charge in [-0.25, -0.2) is 0 Å². The van der Waals surface area contributed by atoms with Crippen molar-refractivity contribution in [3.8, 4) is 0 Å². The lowest BCUT2D eigenvalue weighted by Gasteiger charge is -2.13. The van der Waals surface area contributed by atoms with Crippen molar-refractivity contribution in [2.24, 2.45) is 0 Å². The van der Waals surface area contributed by atoms with Gasteiger partial charge in [0.25, 0.3) is 10.1 Å². The fraction of sp³-hybridized carbons (Fsp3) is 0.583. The minimum atomic E-state index is -4.18. The van der Waals surface area contributed by atoms with Gasteiger partial charge in [0.05, 0.1) is 4.90 Å². The van der Waals surface area contributed by atoms with Gasteiger partial charge < -0.3 is 0 Å². The third-order valence-electron chi connectivity index (χ3n) is 5.57. The van der Waals surface area contributed by atoms with E-state index < -0.39 is 10.1 Å². The van der Waals surface area contributed by atoms with Crippen LogP contribution in [0.1, 0.15) is 89.2 Å². The lowest BCUT2D eigenvalue weighted by atomic mass is 9.93. The SMILES string of the molecule is CCCCCCCc1ccc(CCCCCCC)c2cc(S(=O)(=O)O)ccc12.